The van der Waals surface area contributed by atoms with Gasteiger partial charge in [-0.05, 0) is 16.5 Å². The molecule has 0 fully saturated rings. The highest BCUT2D eigenvalue weighted by atomic mass is 19.1. The zero-order chi connectivity index (χ0) is 25.2. The van der Waals surface area contributed by atoms with Gasteiger partial charge in [0, 0.05) is 0 Å². The van der Waals surface area contributed by atoms with E-state index >= 15 is 0 Å². The first kappa shape index (κ1) is 25.5. The zero-order valence-electron chi connectivity index (χ0n) is 19.3. The van der Waals surface area contributed by atoms with E-state index in [4.69, 9.17) is 5.73 Å². The Labute approximate surface area is 196 Å². The normalized spacial score (nSPS) is 18.1. The molecular weight excluding hydrogens is 446 g/mol. The molecule has 0 spiro atoms. The molecule has 8 nitrogen and oxygen atoms in total. The number of halogens is 2. The van der Waals surface area contributed by atoms with Crippen molar-refractivity contribution in [2.75, 3.05) is 13.2 Å². The molecule has 0 bridgehead atoms. The molecule has 2 heterocycles. The third-order valence-corrected chi connectivity index (χ3v) is 5.82. The number of hydrogen-bond donors (Lipinski definition) is 4. The summed E-state index contributed by atoms with van der Waals surface area (Å²) in [5.41, 5.74) is 6.11. The number of carbonyl (C=O) groups is 2. The van der Waals surface area contributed by atoms with Crippen LogP contribution < -0.4 is 11.1 Å². The summed E-state index contributed by atoms with van der Waals surface area (Å²) in [6, 6.07) is 4.26. The van der Waals surface area contributed by atoms with Crippen LogP contribution in [0.1, 0.15) is 38.8 Å². The molecule has 1 aliphatic heterocycles. The lowest BCUT2D eigenvalue weighted by atomic mass is 9.87. The minimum Gasteiger partial charge on any atom is -0.394 e. The first-order valence-corrected chi connectivity index (χ1v) is 10.9. The van der Waals surface area contributed by atoms with Gasteiger partial charge in [0.1, 0.15) is 12.1 Å². The quantitative estimate of drug-likeness (QED) is 0.466. The van der Waals surface area contributed by atoms with Gasteiger partial charge >= 0.3 is 11.8 Å². The number of carbonyl (C=O) groups excluding carboxylic acids is 2. The highest BCUT2D eigenvalue weighted by Crippen LogP contribution is 2.27. The Morgan fingerprint density at radius 3 is 2.32 bits per heavy atom. The molecule has 0 aliphatic carbocycles. The van der Waals surface area contributed by atoms with Gasteiger partial charge in [-0.1, -0.05) is 45.0 Å². The molecule has 2 aromatic rings. The molecule has 3 atom stereocenters. The number of nitrogens with one attached hydrogen (secondary N) is 1. The van der Waals surface area contributed by atoms with E-state index in [1.807, 2.05) is 0 Å². The Balaban J connectivity index is 1.83. The third kappa shape index (κ3) is 5.35. The van der Waals surface area contributed by atoms with Gasteiger partial charge in [-0.15, -0.1) is 0 Å². The van der Waals surface area contributed by atoms with Crippen molar-refractivity contribution in [1.29, 1.82) is 0 Å². The number of aliphatic hydroxyl groups excluding tert-OH is 2. The lowest BCUT2D eigenvalue weighted by molar-refractivity contribution is -0.450. The number of aromatic nitrogens is 1. The van der Waals surface area contributed by atoms with Crippen molar-refractivity contribution in [2.45, 2.75) is 45.4 Å². The minimum absolute atomic E-state index is 0.0356. The maximum atomic E-state index is 14.0. The van der Waals surface area contributed by atoms with E-state index < -0.39 is 53.7 Å². The second-order valence-electron chi connectivity index (χ2n) is 9.41. The number of β-amino-alcohol motifs (C(OH)–C–C–N with tert-alkyl or cyclic N) is 1. The molecule has 3 rings (SSSR count). The van der Waals surface area contributed by atoms with Crippen molar-refractivity contribution >= 4 is 17.5 Å². The molecule has 34 heavy (non-hydrogen) atoms. The number of aliphatic hydroxyl groups is 2. The average molecular weight is 476 g/mol. The van der Waals surface area contributed by atoms with Crippen LogP contribution in [0, 0.1) is 17.0 Å². The van der Waals surface area contributed by atoms with E-state index in [1.165, 1.54) is 28.8 Å². The van der Waals surface area contributed by atoms with E-state index in [2.05, 4.69) is 10.3 Å². The Bertz CT molecular complexity index is 1090. The van der Waals surface area contributed by atoms with Crippen LogP contribution in [0.5, 0.6) is 0 Å². The van der Waals surface area contributed by atoms with Crippen LogP contribution in [0.2, 0.25) is 0 Å². The van der Waals surface area contributed by atoms with Gasteiger partial charge in [0.25, 0.3) is 5.71 Å². The lowest BCUT2D eigenvalue weighted by Crippen LogP contribution is -2.49. The molecule has 0 unspecified atom stereocenters. The topological polar surface area (TPSA) is 129 Å². The number of hydrogen-bond acceptors (Lipinski definition) is 6. The number of nitrogens with two attached hydrogens (primary N) is 1. The van der Waals surface area contributed by atoms with E-state index in [1.54, 1.807) is 20.8 Å². The van der Waals surface area contributed by atoms with Crippen molar-refractivity contribution < 1.29 is 33.2 Å². The van der Waals surface area contributed by atoms with Gasteiger partial charge < -0.3 is 21.3 Å². The zero-order valence-corrected chi connectivity index (χ0v) is 19.3. The second kappa shape index (κ2) is 10.0. The summed E-state index contributed by atoms with van der Waals surface area (Å²) in [6.45, 7) is 4.89. The van der Waals surface area contributed by atoms with Crippen LogP contribution in [0.15, 0.2) is 36.7 Å². The third-order valence-electron chi connectivity index (χ3n) is 5.82. The number of rotatable bonds is 6. The summed E-state index contributed by atoms with van der Waals surface area (Å²) < 4.78 is 29.2. The Kier molecular flexibility index (Phi) is 7.54. The number of benzene rings is 1. The van der Waals surface area contributed by atoms with Gasteiger partial charge in [0.15, 0.2) is 18.2 Å². The van der Waals surface area contributed by atoms with E-state index in [9.17, 15) is 28.6 Å². The standard InChI is InChI=1S/C24H28F2N4O4/c1-24(2,3)21(27)23(34)30-11-15(32)8-19(30)22(33)29-18(12-31)13-4-6-14(7-5-13)20-16(25)9-28-10-17(20)26/h4-7,9-10,15,18,21,31-32H,8,11-12,27H2,1-3H3/p+1/t15-,18+,21-/m1/s1. The average Bonchev–Trinajstić information content (AvgIpc) is 3.18. The molecule has 10 heteroatoms. The van der Waals surface area contributed by atoms with E-state index in [0.29, 0.717) is 5.56 Å². The molecule has 0 saturated heterocycles. The molecule has 0 saturated carbocycles. The maximum Gasteiger partial charge on any atom is 0.404 e. The summed E-state index contributed by atoms with van der Waals surface area (Å²) >= 11 is 0. The van der Waals surface area contributed by atoms with Gasteiger partial charge in [0.2, 0.25) is 0 Å². The smallest absolute Gasteiger partial charge is 0.394 e. The van der Waals surface area contributed by atoms with Crippen molar-refractivity contribution in [3.8, 4) is 11.1 Å². The summed E-state index contributed by atoms with van der Waals surface area (Å²) in [4.78, 5) is 29.3. The van der Waals surface area contributed by atoms with E-state index in [-0.39, 0.29) is 29.8 Å². The number of amides is 2. The fourth-order valence-corrected chi connectivity index (χ4v) is 3.74. The van der Waals surface area contributed by atoms with Crippen LogP contribution in [-0.4, -0.2) is 62.6 Å². The summed E-state index contributed by atoms with van der Waals surface area (Å²) in [7, 11) is 0. The fraction of sp³-hybridized carbons (Fsp3) is 0.417. The second-order valence-corrected chi connectivity index (χ2v) is 9.41. The Hall–Kier alpha value is -3.08. The minimum atomic E-state index is -0.908. The summed E-state index contributed by atoms with van der Waals surface area (Å²) in [5, 5.41) is 22.6. The predicted octanol–water partition coefficient (Wildman–Crippen LogP) is 1.29. The molecule has 0 radical (unpaired) electrons. The summed E-state index contributed by atoms with van der Waals surface area (Å²) in [5.74, 6) is -2.72. The first-order chi connectivity index (χ1) is 15.9. The molecule has 5 N–H and O–H groups in total. The number of pyridine rings is 1. The van der Waals surface area contributed by atoms with E-state index in [0.717, 1.165) is 12.4 Å². The Morgan fingerprint density at radius 1 is 1.21 bits per heavy atom. The highest BCUT2D eigenvalue weighted by Gasteiger charge is 2.44. The monoisotopic (exact) mass is 475 g/mol. The lowest BCUT2D eigenvalue weighted by Gasteiger charge is -2.23. The largest absolute Gasteiger partial charge is 0.404 e. The molecule has 1 aliphatic rings. The van der Waals surface area contributed by atoms with Crippen molar-refractivity contribution in [1.82, 2.24) is 10.3 Å². The molecule has 182 valence electrons. The van der Waals surface area contributed by atoms with Gasteiger partial charge in [-0.2, -0.15) is 4.58 Å². The van der Waals surface area contributed by atoms with Crippen LogP contribution >= 0.6 is 0 Å². The molecular formula is C24H29F2N4O4+. The summed E-state index contributed by atoms with van der Waals surface area (Å²) in [6.07, 6.45) is 0.879. The van der Waals surface area contributed by atoms with Crippen LogP contribution in [0.3, 0.4) is 0 Å². The fourth-order valence-electron chi connectivity index (χ4n) is 3.74. The molecule has 1 aromatic heterocycles. The van der Waals surface area contributed by atoms with Crippen molar-refractivity contribution in [3.05, 3.63) is 53.9 Å². The Morgan fingerprint density at radius 2 is 1.79 bits per heavy atom. The van der Waals surface area contributed by atoms with Crippen molar-refractivity contribution in [3.63, 3.8) is 0 Å². The van der Waals surface area contributed by atoms with Crippen LogP contribution in [0.25, 0.3) is 11.1 Å². The molecule has 1 aromatic carbocycles. The predicted molar refractivity (Wildman–Crippen MR) is 121 cm³/mol. The SMILES string of the molecule is CC(C)(C)[C@H](N)C(=O)[N+]1=C(C(=O)N[C@@H](CO)c2ccc(-c3c(F)cncc3F)cc2)C[C@@H](O)C1. The van der Waals surface area contributed by atoms with Crippen molar-refractivity contribution in [2.24, 2.45) is 11.1 Å². The van der Waals surface area contributed by atoms with Crippen LogP contribution in [0.4, 0.5) is 8.78 Å². The van der Waals surface area contributed by atoms with Gasteiger partial charge in [-0.3, -0.25) is 9.78 Å². The maximum absolute atomic E-state index is 14.0. The first-order valence-electron chi connectivity index (χ1n) is 10.9. The number of nitrogens with zero attached hydrogens (tertiary/aromatic N) is 2. The molecule has 2 amide bonds. The van der Waals surface area contributed by atoms with Gasteiger partial charge in [-0.25, -0.2) is 13.6 Å². The van der Waals surface area contributed by atoms with Gasteiger partial charge in [0.05, 0.1) is 37.0 Å². The van der Waals surface area contributed by atoms with Crippen LogP contribution in [-0.2, 0) is 9.59 Å². The highest BCUT2D eigenvalue weighted by molar-refractivity contribution is 6.38.